The van der Waals surface area contributed by atoms with Crippen LogP contribution in [-0.4, -0.2) is 49.8 Å². The summed E-state index contributed by atoms with van der Waals surface area (Å²) in [7, 11) is 1.55. The highest BCUT2D eigenvalue weighted by Crippen LogP contribution is 2.07. The number of methoxy groups -OCH3 is 1. The van der Waals surface area contributed by atoms with Gasteiger partial charge in [-0.25, -0.2) is 0 Å². The van der Waals surface area contributed by atoms with Gasteiger partial charge in [0.15, 0.2) is 0 Å². The van der Waals surface area contributed by atoms with E-state index in [1.165, 1.54) is 11.3 Å². The van der Waals surface area contributed by atoms with Crippen LogP contribution in [0, 0.1) is 0 Å². The monoisotopic (exact) mass is 314 g/mol. The Balaban J connectivity index is 2.16. The van der Waals surface area contributed by atoms with Crippen LogP contribution in [0.1, 0.15) is 28.9 Å². The molecule has 3 N–H and O–H groups in total. The zero-order valence-electron chi connectivity index (χ0n) is 12.1. The molecule has 0 radical (unpaired) electrons. The lowest BCUT2D eigenvalue weighted by molar-refractivity contribution is -0.122. The Hall–Kier alpha value is -1.44. The number of carbonyl (C=O) groups is 2. The molecular weight excluding hydrogens is 292 g/mol. The smallest absolute Gasteiger partial charge is 0.261 e. The molecular formula is C14H22N2O4S. The molecule has 6 nitrogen and oxygen atoms in total. The van der Waals surface area contributed by atoms with Crippen LogP contribution in [0.15, 0.2) is 17.5 Å². The second kappa shape index (κ2) is 10.3. The van der Waals surface area contributed by atoms with Crippen molar-refractivity contribution in [3.05, 3.63) is 22.4 Å². The Morgan fingerprint density at radius 2 is 2.29 bits per heavy atom. The standard InChI is InChI=1S/C14H22N2O4S/c1-20-10-11(6-8-17)16-13(18)5-2-7-15-14(19)12-4-3-9-21-12/h3-4,9,11,17H,2,5-8,10H2,1H3,(H,15,19)(H,16,18). The molecule has 0 saturated heterocycles. The van der Waals surface area contributed by atoms with Gasteiger partial charge in [0.25, 0.3) is 5.91 Å². The number of aliphatic hydroxyl groups is 1. The van der Waals surface area contributed by atoms with Gasteiger partial charge in [0.05, 0.1) is 17.5 Å². The zero-order valence-corrected chi connectivity index (χ0v) is 12.9. The molecule has 0 fully saturated rings. The molecule has 0 spiro atoms. The minimum atomic E-state index is -0.173. The van der Waals surface area contributed by atoms with E-state index < -0.39 is 0 Å². The molecule has 0 bridgehead atoms. The Bertz CT molecular complexity index is 417. The van der Waals surface area contributed by atoms with Crippen LogP contribution in [0.4, 0.5) is 0 Å². The highest BCUT2D eigenvalue weighted by molar-refractivity contribution is 7.12. The van der Waals surface area contributed by atoms with Crippen LogP contribution >= 0.6 is 11.3 Å². The third-order valence-electron chi connectivity index (χ3n) is 2.82. The summed E-state index contributed by atoms with van der Waals surface area (Å²) < 4.78 is 4.97. The van der Waals surface area contributed by atoms with Crippen molar-refractivity contribution < 1.29 is 19.4 Å². The topological polar surface area (TPSA) is 87.7 Å². The van der Waals surface area contributed by atoms with Gasteiger partial charge in [-0.15, -0.1) is 11.3 Å². The van der Waals surface area contributed by atoms with E-state index in [-0.39, 0.29) is 24.5 Å². The molecule has 118 valence electrons. The van der Waals surface area contributed by atoms with E-state index in [0.29, 0.717) is 37.3 Å². The van der Waals surface area contributed by atoms with E-state index in [2.05, 4.69) is 10.6 Å². The van der Waals surface area contributed by atoms with Crippen LogP contribution in [0.2, 0.25) is 0 Å². The SMILES string of the molecule is COCC(CCO)NC(=O)CCCNC(=O)c1cccs1. The molecule has 0 aromatic carbocycles. The minimum absolute atomic E-state index is 0.00514. The van der Waals surface area contributed by atoms with E-state index >= 15 is 0 Å². The first kappa shape index (κ1) is 17.6. The Kier molecular flexibility index (Phi) is 8.65. The molecule has 1 rings (SSSR count). The van der Waals surface area contributed by atoms with Crippen molar-refractivity contribution in [2.45, 2.75) is 25.3 Å². The molecule has 1 aromatic heterocycles. The minimum Gasteiger partial charge on any atom is -0.396 e. The zero-order chi connectivity index (χ0) is 15.5. The van der Waals surface area contributed by atoms with Gasteiger partial charge in [-0.1, -0.05) is 6.07 Å². The van der Waals surface area contributed by atoms with Gasteiger partial charge in [-0.3, -0.25) is 9.59 Å². The summed E-state index contributed by atoms with van der Waals surface area (Å²) in [5.74, 6) is -0.209. The van der Waals surface area contributed by atoms with Gasteiger partial charge in [0.2, 0.25) is 5.91 Å². The first-order valence-electron chi connectivity index (χ1n) is 6.88. The number of aliphatic hydroxyl groups excluding tert-OH is 1. The molecule has 1 heterocycles. The Labute approximate surface area is 128 Å². The summed E-state index contributed by atoms with van der Waals surface area (Å²) in [6.07, 6.45) is 1.37. The van der Waals surface area contributed by atoms with Crippen molar-refractivity contribution in [1.29, 1.82) is 0 Å². The fourth-order valence-corrected chi connectivity index (χ4v) is 2.44. The molecule has 7 heteroatoms. The number of nitrogens with one attached hydrogen (secondary N) is 2. The number of hydrogen-bond donors (Lipinski definition) is 3. The fourth-order valence-electron chi connectivity index (χ4n) is 1.80. The lowest BCUT2D eigenvalue weighted by atomic mass is 10.2. The van der Waals surface area contributed by atoms with E-state index in [9.17, 15) is 9.59 Å². The first-order chi connectivity index (χ1) is 10.2. The summed E-state index contributed by atoms with van der Waals surface area (Å²) in [6.45, 7) is 0.839. The lowest BCUT2D eigenvalue weighted by Crippen LogP contribution is -2.39. The molecule has 0 aliphatic carbocycles. The molecule has 1 unspecified atom stereocenters. The largest absolute Gasteiger partial charge is 0.396 e. The maximum Gasteiger partial charge on any atom is 0.261 e. The van der Waals surface area contributed by atoms with Crippen molar-refractivity contribution in [1.82, 2.24) is 10.6 Å². The molecule has 1 atom stereocenters. The summed E-state index contributed by atoms with van der Waals surface area (Å²) in [4.78, 5) is 24.0. The second-order valence-electron chi connectivity index (χ2n) is 4.57. The van der Waals surface area contributed by atoms with Crippen LogP contribution in [0.3, 0.4) is 0 Å². The van der Waals surface area contributed by atoms with Crippen molar-refractivity contribution in [2.75, 3.05) is 26.9 Å². The van der Waals surface area contributed by atoms with E-state index in [4.69, 9.17) is 9.84 Å². The predicted molar refractivity (Wildman–Crippen MR) is 81.4 cm³/mol. The second-order valence-corrected chi connectivity index (χ2v) is 5.52. The molecule has 0 aliphatic rings. The average molecular weight is 314 g/mol. The maximum atomic E-state index is 11.7. The van der Waals surface area contributed by atoms with Gasteiger partial charge in [0, 0.05) is 26.7 Å². The first-order valence-corrected chi connectivity index (χ1v) is 7.76. The van der Waals surface area contributed by atoms with Crippen LogP contribution < -0.4 is 10.6 Å². The number of amides is 2. The lowest BCUT2D eigenvalue weighted by Gasteiger charge is -2.16. The van der Waals surface area contributed by atoms with Crippen molar-refractivity contribution in [3.8, 4) is 0 Å². The molecule has 21 heavy (non-hydrogen) atoms. The molecule has 2 amide bonds. The van der Waals surface area contributed by atoms with Crippen molar-refractivity contribution in [3.63, 3.8) is 0 Å². The average Bonchev–Trinajstić information content (AvgIpc) is 2.98. The highest BCUT2D eigenvalue weighted by Gasteiger charge is 2.11. The number of thiophene rings is 1. The third-order valence-corrected chi connectivity index (χ3v) is 3.69. The van der Waals surface area contributed by atoms with Crippen LogP contribution in [0.25, 0.3) is 0 Å². The summed E-state index contributed by atoms with van der Waals surface area (Å²) in [5.41, 5.74) is 0. The summed E-state index contributed by atoms with van der Waals surface area (Å²) in [5, 5.41) is 16.3. The van der Waals surface area contributed by atoms with Gasteiger partial charge in [0.1, 0.15) is 0 Å². The van der Waals surface area contributed by atoms with Gasteiger partial charge >= 0.3 is 0 Å². The fraction of sp³-hybridized carbons (Fsp3) is 0.571. The summed E-state index contributed by atoms with van der Waals surface area (Å²) >= 11 is 1.39. The Morgan fingerprint density at radius 3 is 2.90 bits per heavy atom. The van der Waals surface area contributed by atoms with Gasteiger partial charge in [-0.05, 0) is 24.3 Å². The molecule has 0 aliphatic heterocycles. The van der Waals surface area contributed by atoms with E-state index in [0.717, 1.165) is 0 Å². The number of rotatable bonds is 10. The molecule has 1 aromatic rings. The van der Waals surface area contributed by atoms with Crippen LogP contribution in [-0.2, 0) is 9.53 Å². The van der Waals surface area contributed by atoms with E-state index in [1.54, 1.807) is 13.2 Å². The third kappa shape index (κ3) is 7.22. The number of ether oxygens (including phenoxy) is 1. The van der Waals surface area contributed by atoms with Crippen LogP contribution in [0.5, 0.6) is 0 Å². The molecule has 0 saturated carbocycles. The van der Waals surface area contributed by atoms with Crippen molar-refractivity contribution >= 4 is 23.2 Å². The normalized spacial score (nSPS) is 11.9. The van der Waals surface area contributed by atoms with E-state index in [1.807, 2.05) is 11.4 Å². The highest BCUT2D eigenvalue weighted by atomic mass is 32.1. The number of hydrogen-bond acceptors (Lipinski definition) is 5. The van der Waals surface area contributed by atoms with Crippen molar-refractivity contribution in [2.24, 2.45) is 0 Å². The van der Waals surface area contributed by atoms with Gasteiger partial charge in [-0.2, -0.15) is 0 Å². The Morgan fingerprint density at radius 1 is 1.48 bits per heavy atom. The van der Waals surface area contributed by atoms with Gasteiger partial charge < -0.3 is 20.5 Å². The quantitative estimate of drug-likeness (QED) is 0.557. The number of carbonyl (C=O) groups excluding carboxylic acids is 2. The summed E-state index contributed by atoms with van der Waals surface area (Å²) in [6, 6.07) is 3.41. The predicted octanol–water partition coefficient (Wildman–Crippen LogP) is 0.772. The maximum absolute atomic E-state index is 11.7.